The predicted molar refractivity (Wildman–Crippen MR) is 108 cm³/mol. The molecule has 1 aromatic rings. The number of thioether (sulfide) groups is 1. The van der Waals surface area contributed by atoms with Crippen LogP contribution in [-0.4, -0.2) is 66.1 Å². The van der Waals surface area contributed by atoms with E-state index in [1.54, 1.807) is 13.8 Å². The molecule has 0 bridgehead atoms. The van der Waals surface area contributed by atoms with Crippen LogP contribution >= 0.6 is 11.8 Å². The second kappa shape index (κ2) is 9.52. The Kier molecular flexibility index (Phi) is 7.57. The molecule has 1 unspecified atom stereocenters. The van der Waals surface area contributed by atoms with Gasteiger partial charge in [0.05, 0.1) is 4.90 Å². The average molecular weight is 442 g/mol. The van der Waals surface area contributed by atoms with E-state index < -0.39 is 32.8 Å². The van der Waals surface area contributed by atoms with Crippen LogP contribution in [0.5, 0.6) is 5.75 Å². The minimum atomic E-state index is -3.98. The Labute approximate surface area is 174 Å². The lowest BCUT2D eigenvalue weighted by Crippen LogP contribution is -2.58. The summed E-state index contributed by atoms with van der Waals surface area (Å²) in [7, 11) is -3.98. The summed E-state index contributed by atoms with van der Waals surface area (Å²) < 4.78 is 36.4. The largest absolute Gasteiger partial charge is 0.481 e. The van der Waals surface area contributed by atoms with Crippen molar-refractivity contribution in [3.63, 3.8) is 0 Å². The fourth-order valence-electron chi connectivity index (χ4n) is 2.84. The number of carboxylic acid groups (broad SMARTS) is 1. The van der Waals surface area contributed by atoms with Crippen molar-refractivity contribution >= 4 is 33.7 Å². The number of hydrogen-bond acceptors (Lipinski definition) is 7. The number of aliphatic carboxylic acids is 1. The Hall–Kier alpha value is -2.22. The number of benzene rings is 1. The summed E-state index contributed by atoms with van der Waals surface area (Å²) in [5, 5.41) is 9.61. The highest BCUT2D eigenvalue weighted by atomic mass is 32.2. The van der Waals surface area contributed by atoms with Gasteiger partial charge in [-0.2, -0.15) is 16.1 Å². The SMILES string of the molecule is CC(=O)OCC#CCOc1ccc(S(=O)(=O)N2CCSC(C)(C)C2C(=O)O)cc1. The van der Waals surface area contributed by atoms with Crippen molar-refractivity contribution in [2.45, 2.75) is 36.5 Å². The number of carbonyl (C=O) groups excluding carboxylic acids is 1. The zero-order valence-corrected chi connectivity index (χ0v) is 18.0. The predicted octanol–water partition coefficient (Wildman–Crippen LogP) is 1.60. The third kappa shape index (κ3) is 5.88. The molecular weight excluding hydrogens is 418 g/mol. The molecule has 8 nitrogen and oxygen atoms in total. The first-order valence-electron chi connectivity index (χ1n) is 8.76. The number of esters is 1. The van der Waals surface area contributed by atoms with Crippen molar-refractivity contribution in [3.05, 3.63) is 24.3 Å². The lowest BCUT2D eigenvalue weighted by molar-refractivity contribution is -0.142. The van der Waals surface area contributed by atoms with Crippen molar-refractivity contribution in [3.8, 4) is 17.6 Å². The van der Waals surface area contributed by atoms with Crippen LogP contribution < -0.4 is 4.74 Å². The Balaban J connectivity index is 2.09. The van der Waals surface area contributed by atoms with E-state index in [0.29, 0.717) is 11.5 Å². The number of sulfonamides is 1. The minimum Gasteiger partial charge on any atom is -0.481 e. The van der Waals surface area contributed by atoms with Gasteiger partial charge in [0.2, 0.25) is 10.0 Å². The van der Waals surface area contributed by atoms with Crippen molar-refractivity contribution in [1.29, 1.82) is 0 Å². The number of carboxylic acids is 1. The summed E-state index contributed by atoms with van der Waals surface area (Å²) in [6, 6.07) is 4.57. The van der Waals surface area contributed by atoms with Crippen LogP contribution in [0.15, 0.2) is 29.2 Å². The molecule has 1 saturated heterocycles. The Morgan fingerprint density at radius 3 is 2.45 bits per heavy atom. The second-order valence-electron chi connectivity index (χ2n) is 6.70. The molecule has 1 N–H and O–H groups in total. The summed E-state index contributed by atoms with van der Waals surface area (Å²) in [6.07, 6.45) is 0. The third-order valence-corrected chi connectivity index (χ3v) is 7.41. The summed E-state index contributed by atoms with van der Waals surface area (Å²) in [4.78, 5) is 22.4. The first-order valence-corrected chi connectivity index (χ1v) is 11.2. The van der Waals surface area contributed by atoms with Crippen LogP contribution in [0.3, 0.4) is 0 Å². The maximum Gasteiger partial charge on any atom is 0.323 e. The molecule has 0 radical (unpaired) electrons. The monoisotopic (exact) mass is 441 g/mol. The van der Waals surface area contributed by atoms with Gasteiger partial charge in [0.25, 0.3) is 0 Å². The van der Waals surface area contributed by atoms with E-state index >= 15 is 0 Å². The van der Waals surface area contributed by atoms with E-state index in [1.165, 1.54) is 43.0 Å². The van der Waals surface area contributed by atoms with Crippen molar-refractivity contribution in [2.24, 2.45) is 0 Å². The molecule has 29 heavy (non-hydrogen) atoms. The summed E-state index contributed by atoms with van der Waals surface area (Å²) in [5.41, 5.74) is 0. The summed E-state index contributed by atoms with van der Waals surface area (Å²) >= 11 is 1.44. The van der Waals surface area contributed by atoms with Gasteiger partial charge in [-0.15, -0.1) is 0 Å². The zero-order chi connectivity index (χ0) is 21.7. The smallest absolute Gasteiger partial charge is 0.323 e. The van der Waals surface area contributed by atoms with Crippen molar-refractivity contribution in [1.82, 2.24) is 4.31 Å². The highest BCUT2D eigenvalue weighted by molar-refractivity contribution is 8.00. The first kappa shape index (κ1) is 23.1. The molecule has 2 rings (SSSR count). The summed E-state index contributed by atoms with van der Waals surface area (Å²) in [6.45, 7) is 4.91. The quantitative estimate of drug-likeness (QED) is 0.524. The lowest BCUT2D eigenvalue weighted by Gasteiger charge is -2.42. The molecule has 10 heteroatoms. The van der Waals surface area contributed by atoms with Crippen LogP contribution in [0.25, 0.3) is 0 Å². The van der Waals surface area contributed by atoms with E-state index in [-0.39, 0.29) is 24.7 Å². The molecule has 0 aromatic heterocycles. The fourth-order valence-corrected chi connectivity index (χ4v) is 5.93. The van der Waals surface area contributed by atoms with Crippen molar-refractivity contribution < 1.29 is 32.6 Å². The molecule has 0 spiro atoms. The Bertz CT molecular complexity index is 914. The Morgan fingerprint density at radius 1 is 1.24 bits per heavy atom. The van der Waals surface area contributed by atoms with Gasteiger partial charge in [-0.1, -0.05) is 11.8 Å². The second-order valence-corrected chi connectivity index (χ2v) is 10.3. The van der Waals surface area contributed by atoms with E-state index in [0.717, 1.165) is 4.31 Å². The molecule has 1 heterocycles. The molecule has 0 aliphatic carbocycles. The molecular formula is C19H23NO7S2. The van der Waals surface area contributed by atoms with E-state index in [9.17, 15) is 23.1 Å². The van der Waals surface area contributed by atoms with Crippen LogP contribution in [0.2, 0.25) is 0 Å². The maximum absolute atomic E-state index is 13.0. The number of rotatable bonds is 6. The lowest BCUT2D eigenvalue weighted by atomic mass is 10.0. The molecule has 1 aliphatic heterocycles. The van der Waals surface area contributed by atoms with Gasteiger partial charge in [-0.3, -0.25) is 9.59 Å². The molecule has 0 amide bonds. The van der Waals surface area contributed by atoms with Gasteiger partial charge in [0, 0.05) is 24.0 Å². The van der Waals surface area contributed by atoms with Gasteiger partial charge in [0.15, 0.2) is 6.61 Å². The molecule has 0 saturated carbocycles. The van der Waals surface area contributed by atoms with Gasteiger partial charge in [0.1, 0.15) is 18.4 Å². The van der Waals surface area contributed by atoms with Crippen molar-refractivity contribution in [2.75, 3.05) is 25.5 Å². The normalized spacial score (nSPS) is 18.9. The number of carbonyl (C=O) groups is 2. The highest BCUT2D eigenvalue weighted by Gasteiger charge is 2.48. The number of ether oxygens (including phenoxy) is 2. The van der Waals surface area contributed by atoms with Gasteiger partial charge in [-0.05, 0) is 38.1 Å². The third-order valence-electron chi connectivity index (χ3n) is 4.18. The number of hydrogen-bond donors (Lipinski definition) is 1. The zero-order valence-electron chi connectivity index (χ0n) is 16.4. The summed E-state index contributed by atoms with van der Waals surface area (Å²) in [5.74, 6) is 4.62. The van der Waals surface area contributed by atoms with E-state index in [4.69, 9.17) is 4.74 Å². The molecule has 1 aromatic carbocycles. The topological polar surface area (TPSA) is 110 Å². The molecule has 1 aliphatic rings. The number of nitrogens with zero attached hydrogens (tertiary/aromatic N) is 1. The molecule has 158 valence electrons. The first-order chi connectivity index (χ1) is 13.6. The van der Waals surface area contributed by atoms with E-state index in [1.807, 2.05) is 0 Å². The van der Waals surface area contributed by atoms with Crippen LogP contribution in [-0.2, 0) is 24.3 Å². The maximum atomic E-state index is 13.0. The Morgan fingerprint density at radius 2 is 1.86 bits per heavy atom. The van der Waals surface area contributed by atoms with Crippen LogP contribution in [0, 0.1) is 11.8 Å². The molecule has 1 fully saturated rings. The molecule has 1 atom stereocenters. The van der Waals surface area contributed by atoms with Crippen LogP contribution in [0.4, 0.5) is 0 Å². The standard InChI is InChI=1S/C19H23NO7S2/c1-14(21)26-11-4-5-12-27-15-6-8-16(9-7-15)29(24,25)20-10-13-28-19(2,3)17(20)18(22)23/h6-9,17H,10-13H2,1-3H3,(H,22,23). The minimum absolute atomic E-state index is 0.000239. The van der Waals surface area contributed by atoms with E-state index in [2.05, 4.69) is 16.6 Å². The van der Waals surface area contributed by atoms with Gasteiger partial charge < -0.3 is 14.6 Å². The average Bonchev–Trinajstić information content (AvgIpc) is 2.63. The highest BCUT2D eigenvalue weighted by Crippen LogP contribution is 2.38. The van der Waals surface area contributed by atoms with Gasteiger partial charge >= 0.3 is 11.9 Å². The fraction of sp³-hybridized carbons (Fsp3) is 0.474. The van der Waals surface area contributed by atoms with Gasteiger partial charge in [-0.25, -0.2) is 8.42 Å². The van der Waals surface area contributed by atoms with Crippen LogP contribution in [0.1, 0.15) is 20.8 Å².